The standard InChI is InChI=1S/C17H27NO2/c1-5-11-18-16(17(2,3)19-4)13-7-6-8-15(12-13)20-14-9-10-14/h6-8,12,14,16,18H,5,9-11H2,1-4H3. The first-order chi connectivity index (χ1) is 9.56. The lowest BCUT2D eigenvalue weighted by Gasteiger charge is -2.34. The van der Waals surface area contributed by atoms with Gasteiger partial charge in [-0.2, -0.15) is 0 Å². The number of hydrogen-bond donors (Lipinski definition) is 1. The molecular weight excluding hydrogens is 250 g/mol. The van der Waals surface area contributed by atoms with Crippen LogP contribution in [-0.2, 0) is 4.74 Å². The average Bonchev–Trinajstić information content (AvgIpc) is 3.23. The van der Waals surface area contributed by atoms with Crippen LogP contribution >= 0.6 is 0 Å². The molecule has 20 heavy (non-hydrogen) atoms. The van der Waals surface area contributed by atoms with Crippen molar-refractivity contribution in [3.05, 3.63) is 29.8 Å². The summed E-state index contributed by atoms with van der Waals surface area (Å²) >= 11 is 0. The zero-order valence-electron chi connectivity index (χ0n) is 13.1. The Balaban J connectivity index is 2.17. The van der Waals surface area contributed by atoms with Crippen LogP contribution in [0.4, 0.5) is 0 Å². The molecule has 1 unspecified atom stereocenters. The largest absolute Gasteiger partial charge is 0.490 e. The van der Waals surface area contributed by atoms with E-state index in [2.05, 4.69) is 44.3 Å². The second-order valence-corrected chi connectivity index (χ2v) is 6.08. The first-order valence-electron chi connectivity index (χ1n) is 7.62. The van der Waals surface area contributed by atoms with Crippen molar-refractivity contribution < 1.29 is 9.47 Å². The van der Waals surface area contributed by atoms with Crippen molar-refractivity contribution in [3.8, 4) is 5.75 Å². The number of ether oxygens (including phenoxy) is 2. The fraction of sp³-hybridized carbons (Fsp3) is 0.647. The highest BCUT2D eigenvalue weighted by atomic mass is 16.5. The van der Waals surface area contributed by atoms with E-state index in [0.29, 0.717) is 6.10 Å². The summed E-state index contributed by atoms with van der Waals surface area (Å²) in [6, 6.07) is 8.56. The fourth-order valence-electron chi connectivity index (χ4n) is 2.32. The maximum absolute atomic E-state index is 5.90. The molecule has 0 spiro atoms. The van der Waals surface area contributed by atoms with Crippen molar-refractivity contribution in [3.63, 3.8) is 0 Å². The topological polar surface area (TPSA) is 30.5 Å². The van der Waals surface area contributed by atoms with Gasteiger partial charge in [0.2, 0.25) is 0 Å². The van der Waals surface area contributed by atoms with Crippen molar-refractivity contribution in [1.82, 2.24) is 5.32 Å². The van der Waals surface area contributed by atoms with E-state index < -0.39 is 0 Å². The predicted octanol–water partition coefficient (Wildman–Crippen LogP) is 3.69. The van der Waals surface area contributed by atoms with Gasteiger partial charge in [0, 0.05) is 7.11 Å². The lowest BCUT2D eigenvalue weighted by molar-refractivity contribution is -0.0111. The van der Waals surface area contributed by atoms with Crippen molar-refractivity contribution in [2.24, 2.45) is 0 Å². The third kappa shape index (κ3) is 3.97. The molecule has 0 aromatic heterocycles. The molecule has 1 fully saturated rings. The van der Waals surface area contributed by atoms with E-state index in [1.165, 1.54) is 18.4 Å². The fourth-order valence-corrected chi connectivity index (χ4v) is 2.32. The molecule has 0 amide bonds. The average molecular weight is 277 g/mol. The van der Waals surface area contributed by atoms with Gasteiger partial charge in [-0.05, 0) is 57.4 Å². The molecule has 1 aromatic rings. The van der Waals surface area contributed by atoms with Crippen LogP contribution in [0.2, 0.25) is 0 Å². The van der Waals surface area contributed by atoms with Gasteiger partial charge in [-0.3, -0.25) is 0 Å². The van der Waals surface area contributed by atoms with Gasteiger partial charge in [-0.15, -0.1) is 0 Å². The Morgan fingerprint density at radius 2 is 2.10 bits per heavy atom. The van der Waals surface area contributed by atoms with E-state index in [-0.39, 0.29) is 11.6 Å². The minimum Gasteiger partial charge on any atom is -0.490 e. The van der Waals surface area contributed by atoms with Crippen LogP contribution in [0.15, 0.2) is 24.3 Å². The molecule has 0 saturated heterocycles. The number of nitrogens with one attached hydrogen (secondary N) is 1. The first-order valence-corrected chi connectivity index (χ1v) is 7.62. The second-order valence-electron chi connectivity index (χ2n) is 6.08. The summed E-state index contributed by atoms with van der Waals surface area (Å²) in [5.41, 5.74) is 0.969. The highest BCUT2D eigenvalue weighted by Crippen LogP contribution is 2.32. The number of methoxy groups -OCH3 is 1. The normalized spacial score (nSPS) is 17.0. The molecule has 1 atom stereocenters. The minimum atomic E-state index is -0.257. The van der Waals surface area contributed by atoms with Crippen LogP contribution in [-0.4, -0.2) is 25.4 Å². The summed E-state index contributed by atoms with van der Waals surface area (Å²) in [7, 11) is 1.77. The summed E-state index contributed by atoms with van der Waals surface area (Å²) in [4.78, 5) is 0. The lowest BCUT2D eigenvalue weighted by Crippen LogP contribution is -2.41. The van der Waals surface area contributed by atoms with Crippen LogP contribution in [0.3, 0.4) is 0 Å². The first kappa shape index (κ1) is 15.3. The van der Waals surface area contributed by atoms with Crippen LogP contribution < -0.4 is 10.1 Å². The Morgan fingerprint density at radius 3 is 2.70 bits per heavy atom. The number of hydrogen-bond acceptors (Lipinski definition) is 3. The Bertz CT molecular complexity index is 427. The van der Waals surface area contributed by atoms with Crippen molar-refractivity contribution in [1.29, 1.82) is 0 Å². The van der Waals surface area contributed by atoms with Gasteiger partial charge in [0.25, 0.3) is 0 Å². The number of benzene rings is 1. The Labute approximate surface area is 122 Å². The van der Waals surface area contributed by atoms with Gasteiger partial charge in [-0.1, -0.05) is 19.1 Å². The Morgan fingerprint density at radius 1 is 1.35 bits per heavy atom. The van der Waals surface area contributed by atoms with Gasteiger partial charge in [0.1, 0.15) is 5.75 Å². The van der Waals surface area contributed by atoms with Crippen LogP contribution in [0.5, 0.6) is 5.75 Å². The molecule has 0 bridgehead atoms. The van der Waals surface area contributed by atoms with Gasteiger partial charge < -0.3 is 14.8 Å². The molecule has 3 heteroatoms. The Hall–Kier alpha value is -1.06. The lowest BCUT2D eigenvalue weighted by atomic mass is 9.91. The highest BCUT2D eigenvalue weighted by Gasteiger charge is 2.31. The van der Waals surface area contributed by atoms with Gasteiger partial charge >= 0.3 is 0 Å². The molecule has 2 rings (SSSR count). The molecule has 1 aromatic carbocycles. The molecule has 1 aliphatic carbocycles. The van der Waals surface area contributed by atoms with Gasteiger partial charge in [-0.25, -0.2) is 0 Å². The van der Waals surface area contributed by atoms with E-state index >= 15 is 0 Å². The summed E-state index contributed by atoms with van der Waals surface area (Å²) in [5.74, 6) is 0.972. The van der Waals surface area contributed by atoms with E-state index in [4.69, 9.17) is 9.47 Å². The monoisotopic (exact) mass is 277 g/mol. The van der Waals surface area contributed by atoms with E-state index in [0.717, 1.165) is 18.7 Å². The third-order valence-corrected chi connectivity index (χ3v) is 3.84. The summed E-state index contributed by atoms with van der Waals surface area (Å²) < 4.78 is 11.6. The smallest absolute Gasteiger partial charge is 0.120 e. The van der Waals surface area contributed by atoms with Crippen LogP contribution in [0.1, 0.15) is 51.6 Å². The molecule has 0 radical (unpaired) electrons. The van der Waals surface area contributed by atoms with Crippen molar-refractivity contribution in [2.75, 3.05) is 13.7 Å². The number of rotatable bonds is 8. The highest BCUT2D eigenvalue weighted by molar-refractivity contribution is 5.32. The summed E-state index contributed by atoms with van der Waals surface area (Å²) in [5, 5.41) is 3.59. The molecule has 1 N–H and O–H groups in total. The molecule has 112 valence electrons. The van der Waals surface area contributed by atoms with Crippen LogP contribution in [0, 0.1) is 0 Å². The van der Waals surface area contributed by atoms with Crippen LogP contribution in [0.25, 0.3) is 0 Å². The van der Waals surface area contributed by atoms with Crippen molar-refractivity contribution >= 4 is 0 Å². The molecular formula is C17H27NO2. The zero-order valence-corrected chi connectivity index (χ0v) is 13.1. The maximum atomic E-state index is 5.90. The van der Waals surface area contributed by atoms with E-state index in [9.17, 15) is 0 Å². The van der Waals surface area contributed by atoms with E-state index in [1.807, 2.05) is 6.07 Å². The van der Waals surface area contributed by atoms with Crippen molar-refractivity contribution in [2.45, 2.75) is 57.8 Å². The van der Waals surface area contributed by atoms with E-state index in [1.54, 1.807) is 7.11 Å². The predicted molar refractivity (Wildman–Crippen MR) is 82.2 cm³/mol. The van der Waals surface area contributed by atoms with Gasteiger partial charge in [0.05, 0.1) is 17.7 Å². The quantitative estimate of drug-likeness (QED) is 0.786. The molecule has 1 aliphatic rings. The molecule has 0 heterocycles. The maximum Gasteiger partial charge on any atom is 0.120 e. The minimum absolute atomic E-state index is 0.162. The zero-order chi connectivity index (χ0) is 14.6. The second kappa shape index (κ2) is 6.59. The SMILES string of the molecule is CCCNC(c1cccc(OC2CC2)c1)C(C)(C)OC. The molecule has 1 saturated carbocycles. The molecule has 0 aliphatic heterocycles. The Kier molecular flexibility index (Phi) is 5.06. The van der Waals surface area contributed by atoms with Gasteiger partial charge in [0.15, 0.2) is 0 Å². The summed E-state index contributed by atoms with van der Waals surface area (Å²) in [6.07, 6.45) is 3.91. The summed E-state index contributed by atoms with van der Waals surface area (Å²) in [6.45, 7) is 7.39. The third-order valence-electron chi connectivity index (χ3n) is 3.84. The molecule has 3 nitrogen and oxygen atoms in total.